The maximum Gasteiger partial charge on any atom is 0.157 e. The fourth-order valence-electron chi connectivity index (χ4n) is 0.892. The third kappa shape index (κ3) is 2.73. The Labute approximate surface area is 78.1 Å². The van der Waals surface area contributed by atoms with E-state index in [1.165, 1.54) is 0 Å². The summed E-state index contributed by atoms with van der Waals surface area (Å²) in [5, 5.41) is 13.3. The van der Waals surface area contributed by atoms with Crippen LogP contribution in [0.15, 0.2) is 12.4 Å². The van der Waals surface area contributed by atoms with Crippen LogP contribution in [0.5, 0.6) is 5.75 Å². The molecule has 1 heterocycles. The van der Waals surface area contributed by atoms with Gasteiger partial charge in [0.15, 0.2) is 5.75 Å². The van der Waals surface area contributed by atoms with Gasteiger partial charge >= 0.3 is 0 Å². The molecule has 0 fully saturated rings. The predicted molar refractivity (Wildman–Crippen MR) is 49.7 cm³/mol. The molecule has 2 atom stereocenters. The van der Waals surface area contributed by atoms with Gasteiger partial charge in [0.25, 0.3) is 0 Å². The summed E-state index contributed by atoms with van der Waals surface area (Å²) < 4.78 is 7.21. The Bertz CT molecular complexity index is 258. The van der Waals surface area contributed by atoms with Gasteiger partial charge in [0.2, 0.25) is 0 Å². The molecule has 1 rings (SSSR count). The Morgan fingerprint density at radius 2 is 2.31 bits per heavy atom. The molecule has 1 aromatic heterocycles. The molecular weight excluding hydrogens is 168 g/mol. The summed E-state index contributed by atoms with van der Waals surface area (Å²) in [6, 6.07) is 0. The molecule has 0 aliphatic carbocycles. The summed E-state index contributed by atoms with van der Waals surface area (Å²) in [4.78, 5) is 0. The summed E-state index contributed by atoms with van der Waals surface area (Å²) in [5.41, 5.74) is 0. The van der Waals surface area contributed by atoms with Crippen molar-refractivity contribution in [2.45, 2.75) is 39.5 Å². The van der Waals surface area contributed by atoms with Crippen LogP contribution in [-0.4, -0.2) is 27.1 Å². The van der Waals surface area contributed by atoms with E-state index >= 15 is 0 Å². The van der Waals surface area contributed by atoms with Gasteiger partial charge in [0.1, 0.15) is 6.10 Å². The van der Waals surface area contributed by atoms with Crippen molar-refractivity contribution >= 4 is 0 Å². The van der Waals surface area contributed by atoms with Crippen LogP contribution < -0.4 is 4.74 Å². The number of hydrogen-bond acceptors (Lipinski definition) is 3. The number of aliphatic hydroxyl groups excluding tert-OH is 1. The van der Waals surface area contributed by atoms with E-state index in [-0.39, 0.29) is 6.10 Å². The summed E-state index contributed by atoms with van der Waals surface area (Å²) in [5.74, 6) is 0.704. The third-order valence-corrected chi connectivity index (χ3v) is 1.93. The van der Waals surface area contributed by atoms with Gasteiger partial charge in [-0.2, -0.15) is 5.10 Å². The van der Waals surface area contributed by atoms with Gasteiger partial charge in [-0.3, -0.25) is 4.68 Å². The summed E-state index contributed by atoms with van der Waals surface area (Å²) >= 11 is 0. The largest absolute Gasteiger partial charge is 0.485 e. The Balaban J connectivity index is 2.53. The molecule has 0 aromatic carbocycles. The molecule has 2 unspecified atom stereocenters. The second-order valence-corrected chi connectivity index (χ2v) is 3.10. The van der Waals surface area contributed by atoms with E-state index in [9.17, 15) is 5.11 Å². The monoisotopic (exact) mass is 184 g/mol. The van der Waals surface area contributed by atoms with Gasteiger partial charge in [-0.25, -0.2) is 0 Å². The SMILES string of the molecule is CCn1cc(OC(C)C(C)O)cn1. The highest BCUT2D eigenvalue weighted by molar-refractivity contribution is 5.12. The normalized spacial score (nSPS) is 15.4. The zero-order valence-electron chi connectivity index (χ0n) is 8.27. The number of aliphatic hydroxyl groups is 1. The molecule has 0 saturated heterocycles. The van der Waals surface area contributed by atoms with Crippen molar-refractivity contribution in [2.75, 3.05) is 0 Å². The topological polar surface area (TPSA) is 47.3 Å². The van der Waals surface area contributed by atoms with E-state index in [0.717, 1.165) is 6.54 Å². The molecule has 74 valence electrons. The van der Waals surface area contributed by atoms with Gasteiger partial charge in [-0.05, 0) is 20.8 Å². The maximum atomic E-state index is 9.19. The number of aryl methyl sites for hydroxylation is 1. The minimum Gasteiger partial charge on any atom is -0.485 e. The van der Waals surface area contributed by atoms with E-state index in [1.807, 2.05) is 20.0 Å². The summed E-state index contributed by atoms with van der Waals surface area (Å²) in [7, 11) is 0. The second kappa shape index (κ2) is 4.28. The van der Waals surface area contributed by atoms with E-state index in [0.29, 0.717) is 5.75 Å². The van der Waals surface area contributed by atoms with Crippen molar-refractivity contribution in [1.82, 2.24) is 9.78 Å². The van der Waals surface area contributed by atoms with Crippen LogP contribution in [0.4, 0.5) is 0 Å². The zero-order chi connectivity index (χ0) is 9.84. The van der Waals surface area contributed by atoms with Crippen molar-refractivity contribution in [1.29, 1.82) is 0 Å². The highest BCUT2D eigenvalue weighted by atomic mass is 16.5. The minimum absolute atomic E-state index is 0.200. The van der Waals surface area contributed by atoms with Crippen LogP contribution in [0.2, 0.25) is 0 Å². The van der Waals surface area contributed by atoms with E-state index in [2.05, 4.69) is 5.10 Å². The molecule has 0 radical (unpaired) electrons. The average molecular weight is 184 g/mol. The highest BCUT2D eigenvalue weighted by Crippen LogP contribution is 2.11. The molecule has 0 aliphatic heterocycles. The number of ether oxygens (including phenoxy) is 1. The fourth-order valence-corrected chi connectivity index (χ4v) is 0.892. The third-order valence-electron chi connectivity index (χ3n) is 1.93. The quantitative estimate of drug-likeness (QED) is 0.760. The lowest BCUT2D eigenvalue weighted by molar-refractivity contribution is 0.0604. The molecule has 1 N–H and O–H groups in total. The Morgan fingerprint density at radius 1 is 1.62 bits per heavy atom. The molecule has 0 saturated carbocycles. The number of aromatic nitrogens is 2. The zero-order valence-corrected chi connectivity index (χ0v) is 8.27. The van der Waals surface area contributed by atoms with Gasteiger partial charge in [0, 0.05) is 6.54 Å². The van der Waals surface area contributed by atoms with Crippen molar-refractivity contribution in [3.63, 3.8) is 0 Å². The predicted octanol–water partition coefficient (Wildman–Crippen LogP) is 1.05. The van der Waals surface area contributed by atoms with Gasteiger partial charge in [0.05, 0.1) is 18.5 Å². The lowest BCUT2D eigenvalue weighted by atomic mass is 10.3. The molecule has 0 spiro atoms. The molecular formula is C9H16N2O2. The standard InChI is InChI=1S/C9H16N2O2/c1-4-11-6-9(5-10-11)13-8(3)7(2)12/h5-8,12H,4H2,1-3H3. The molecule has 0 aliphatic rings. The number of nitrogens with zero attached hydrogens (tertiary/aromatic N) is 2. The Morgan fingerprint density at radius 3 is 2.77 bits per heavy atom. The first-order valence-corrected chi connectivity index (χ1v) is 4.50. The Kier molecular flexibility index (Phi) is 3.31. The van der Waals surface area contributed by atoms with Gasteiger partial charge in [-0.1, -0.05) is 0 Å². The first-order chi connectivity index (χ1) is 6.13. The smallest absolute Gasteiger partial charge is 0.157 e. The highest BCUT2D eigenvalue weighted by Gasteiger charge is 2.10. The first-order valence-electron chi connectivity index (χ1n) is 4.50. The lowest BCUT2D eigenvalue weighted by Gasteiger charge is -2.15. The average Bonchev–Trinajstić information content (AvgIpc) is 2.52. The fraction of sp³-hybridized carbons (Fsp3) is 0.667. The number of hydrogen-bond donors (Lipinski definition) is 1. The lowest BCUT2D eigenvalue weighted by Crippen LogP contribution is -2.25. The first kappa shape index (κ1) is 10.1. The second-order valence-electron chi connectivity index (χ2n) is 3.10. The van der Waals surface area contributed by atoms with E-state index < -0.39 is 6.10 Å². The molecule has 4 heteroatoms. The molecule has 13 heavy (non-hydrogen) atoms. The summed E-state index contributed by atoms with van der Waals surface area (Å²) in [6.07, 6.45) is 2.81. The van der Waals surface area contributed by atoms with Crippen LogP contribution in [0.25, 0.3) is 0 Å². The molecule has 0 bridgehead atoms. The van der Waals surface area contributed by atoms with Crippen LogP contribution in [0.3, 0.4) is 0 Å². The molecule has 0 amide bonds. The van der Waals surface area contributed by atoms with Crippen LogP contribution in [0.1, 0.15) is 20.8 Å². The van der Waals surface area contributed by atoms with Crippen molar-refractivity contribution in [2.24, 2.45) is 0 Å². The number of rotatable bonds is 4. The molecule has 4 nitrogen and oxygen atoms in total. The van der Waals surface area contributed by atoms with Crippen LogP contribution in [-0.2, 0) is 6.54 Å². The van der Waals surface area contributed by atoms with Gasteiger partial charge < -0.3 is 9.84 Å². The van der Waals surface area contributed by atoms with E-state index in [4.69, 9.17) is 4.74 Å². The van der Waals surface area contributed by atoms with Crippen molar-refractivity contribution in [3.8, 4) is 5.75 Å². The Hall–Kier alpha value is -1.03. The van der Waals surface area contributed by atoms with Gasteiger partial charge in [-0.15, -0.1) is 0 Å². The van der Waals surface area contributed by atoms with E-state index in [1.54, 1.807) is 17.8 Å². The van der Waals surface area contributed by atoms with Crippen molar-refractivity contribution in [3.05, 3.63) is 12.4 Å². The van der Waals surface area contributed by atoms with Crippen molar-refractivity contribution < 1.29 is 9.84 Å². The maximum absolute atomic E-state index is 9.19. The summed E-state index contributed by atoms with van der Waals surface area (Å²) in [6.45, 7) is 6.37. The molecule has 1 aromatic rings. The van der Waals surface area contributed by atoms with Crippen LogP contribution in [0, 0.1) is 0 Å². The minimum atomic E-state index is -0.468. The van der Waals surface area contributed by atoms with Crippen LogP contribution >= 0.6 is 0 Å².